The van der Waals surface area contributed by atoms with Gasteiger partial charge in [0.25, 0.3) is 0 Å². The first-order valence-electron chi connectivity index (χ1n) is 27.5. The summed E-state index contributed by atoms with van der Waals surface area (Å²) in [5.74, 6) is -2.57. The zero-order chi connectivity index (χ0) is 63.5. The van der Waals surface area contributed by atoms with Crippen molar-refractivity contribution in [2.75, 3.05) is 39.6 Å². The van der Waals surface area contributed by atoms with Crippen LogP contribution in [0.1, 0.15) is 27.7 Å². The molecule has 0 aromatic heterocycles. The molecule has 0 aliphatic carbocycles. The second-order valence-corrected chi connectivity index (χ2v) is 21.8. The molecule has 0 bridgehead atoms. The second kappa shape index (κ2) is 30.5. The number of carbonyl (C=O) groups is 3. The van der Waals surface area contributed by atoms with Gasteiger partial charge in [-0.1, -0.05) is 0 Å². The first kappa shape index (κ1) is 70.6. The smallest absolute Gasteiger partial charge is 0.217 e. The van der Waals surface area contributed by atoms with Gasteiger partial charge in [-0.15, -0.1) is 0 Å². The molecular formula is C48H81N3O35. The van der Waals surface area contributed by atoms with E-state index in [0.29, 0.717) is 0 Å². The van der Waals surface area contributed by atoms with E-state index in [2.05, 4.69) is 16.0 Å². The molecule has 0 spiro atoms. The monoisotopic (exact) mass is 1260 g/mol. The van der Waals surface area contributed by atoms with Crippen LogP contribution in [0, 0.1) is 0 Å². The third-order valence-corrected chi connectivity index (χ3v) is 15.7. The Kier molecular flexibility index (Phi) is 25.0. The lowest BCUT2D eigenvalue weighted by Gasteiger charge is -2.52. The zero-order valence-corrected chi connectivity index (χ0v) is 46.5. The van der Waals surface area contributed by atoms with E-state index in [9.17, 15) is 111 Å². The van der Waals surface area contributed by atoms with Crippen LogP contribution in [0.5, 0.6) is 0 Å². The van der Waals surface area contributed by atoms with Gasteiger partial charge in [0.15, 0.2) is 44.0 Å². The molecule has 0 aromatic carbocycles. The lowest BCUT2D eigenvalue weighted by atomic mass is 9.93. The Morgan fingerprint density at radius 1 is 0.326 bits per heavy atom. The summed E-state index contributed by atoms with van der Waals surface area (Å²) in [6, 6.07) is -5.33. The van der Waals surface area contributed by atoms with Gasteiger partial charge in [-0.25, -0.2) is 0 Å². The molecule has 0 radical (unpaired) electrons. The van der Waals surface area contributed by atoms with Crippen LogP contribution in [0.15, 0.2) is 0 Å². The molecule has 7 aliphatic rings. The van der Waals surface area contributed by atoms with Crippen LogP contribution in [0.2, 0.25) is 0 Å². The molecular weight excluding hydrogens is 1180 g/mol. The summed E-state index contributed by atoms with van der Waals surface area (Å²) >= 11 is 0. The summed E-state index contributed by atoms with van der Waals surface area (Å²) in [4.78, 5) is 38.1. The number of aliphatic hydroxyl groups excluding tert-OH is 19. The predicted octanol–water partition coefficient (Wildman–Crippen LogP) is -14.8. The van der Waals surface area contributed by atoms with Crippen molar-refractivity contribution in [1.82, 2.24) is 16.0 Å². The van der Waals surface area contributed by atoms with E-state index < -0.39 is 272 Å². The van der Waals surface area contributed by atoms with Crippen LogP contribution >= 0.6 is 0 Å². The number of aliphatic hydroxyl groups is 19. The lowest BCUT2D eigenvalue weighted by Crippen LogP contribution is -2.71. The summed E-state index contributed by atoms with van der Waals surface area (Å²) in [5, 5.41) is 213. The van der Waals surface area contributed by atoms with Crippen LogP contribution < -0.4 is 16.0 Å². The van der Waals surface area contributed by atoms with Crippen LogP contribution in [0.3, 0.4) is 0 Å². The Labute approximate surface area is 488 Å². The van der Waals surface area contributed by atoms with Gasteiger partial charge in [0, 0.05) is 20.8 Å². The third kappa shape index (κ3) is 15.4. The Bertz CT molecular complexity index is 2170. The van der Waals surface area contributed by atoms with E-state index in [4.69, 9.17) is 61.6 Å². The normalized spacial score (nSPS) is 49.4. The van der Waals surface area contributed by atoms with Gasteiger partial charge in [0.1, 0.15) is 165 Å². The van der Waals surface area contributed by atoms with Gasteiger partial charge in [-0.2, -0.15) is 0 Å². The maximum absolute atomic E-state index is 13.2. The highest BCUT2D eigenvalue weighted by Gasteiger charge is 2.59. The molecule has 7 rings (SSSR count). The van der Waals surface area contributed by atoms with Crippen molar-refractivity contribution in [2.45, 2.75) is 242 Å². The maximum Gasteiger partial charge on any atom is 0.217 e. The van der Waals surface area contributed by atoms with Gasteiger partial charge < -0.3 is 175 Å². The molecule has 0 aromatic rings. The Morgan fingerprint density at radius 2 is 0.686 bits per heavy atom. The van der Waals surface area contributed by atoms with Gasteiger partial charge >= 0.3 is 0 Å². The van der Waals surface area contributed by atoms with E-state index in [1.807, 2.05) is 0 Å². The number of hydrogen-bond acceptors (Lipinski definition) is 35. The number of rotatable bonds is 21. The predicted molar refractivity (Wildman–Crippen MR) is 265 cm³/mol. The average molecular weight is 1260 g/mol. The van der Waals surface area contributed by atoms with Gasteiger partial charge in [0.05, 0.1) is 45.7 Å². The molecule has 1 unspecified atom stereocenters. The molecule has 7 saturated heterocycles. The number of ether oxygens (including phenoxy) is 13. The highest BCUT2D eigenvalue weighted by Crippen LogP contribution is 2.38. The maximum atomic E-state index is 13.2. The molecule has 0 saturated carbocycles. The van der Waals surface area contributed by atoms with Gasteiger partial charge in [0.2, 0.25) is 17.7 Å². The van der Waals surface area contributed by atoms with E-state index in [1.165, 1.54) is 6.92 Å². The van der Waals surface area contributed by atoms with E-state index >= 15 is 0 Å². The van der Waals surface area contributed by atoms with Crippen molar-refractivity contribution < 1.29 is 173 Å². The molecule has 86 heavy (non-hydrogen) atoms. The van der Waals surface area contributed by atoms with Crippen molar-refractivity contribution in [2.24, 2.45) is 0 Å². The third-order valence-electron chi connectivity index (χ3n) is 15.7. The summed E-state index contributed by atoms with van der Waals surface area (Å²) in [6.45, 7) is -1.72. The average Bonchev–Trinajstić information content (AvgIpc) is 0.965. The highest BCUT2D eigenvalue weighted by atomic mass is 16.8. The first-order chi connectivity index (χ1) is 40.6. The standard InChI is InChI=1S/C48H81N3O35/c1-11-24(60)30(66)33(69)45(75-11)85-40-23(51-14(4)59)44(80-19(9-56)39(40)84-47-35(71)32(68)26(62)16(6-53)78-47)86-41-27(63)20(81-48(36(41)72)83-37-17(7-54)76-42(73)21(28(37)64)49-12(2)57)10-74-43-22(50-13(3)58)29(65)38(18(8-55)79-43)82-46-34(70)31(67)25(61)15(5-52)77-46/h11,15-48,52-56,60-73H,5-10H2,1-4H3,(H,49,57)(H,50,58)(H,51,59)/t11-,15+,16+,17+,18+,19+,20+,21+,22+,23+,24+,25-,26-,27-,28+,29+,30+,31-,32-,33-,34+,35+,36+,37+,38+,39+,40+,41-,42?,43+,44-,45-,46-,47-,48-/m0/s1. The highest BCUT2D eigenvalue weighted by molar-refractivity contribution is 5.74. The van der Waals surface area contributed by atoms with Gasteiger partial charge in [-0.05, 0) is 6.92 Å². The number of nitrogens with one attached hydrogen (secondary N) is 3. The number of hydrogen-bond donors (Lipinski definition) is 22. The van der Waals surface area contributed by atoms with Crippen molar-refractivity contribution >= 4 is 17.7 Å². The van der Waals surface area contributed by atoms with E-state index in [1.54, 1.807) is 0 Å². The minimum absolute atomic E-state index is 0.790. The molecule has 38 heteroatoms. The quantitative estimate of drug-likeness (QED) is 0.0507. The van der Waals surface area contributed by atoms with Gasteiger partial charge in [-0.3, -0.25) is 14.4 Å². The molecule has 498 valence electrons. The van der Waals surface area contributed by atoms with Crippen LogP contribution in [0.25, 0.3) is 0 Å². The minimum atomic E-state index is -2.37. The fourth-order valence-electron chi connectivity index (χ4n) is 11.0. The molecule has 38 nitrogen and oxygen atoms in total. The Hall–Kier alpha value is -2.87. The topological polar surface area (TPSA) is 592 Å². The van der Waals surface area contributed by atoms with Crippen LogP contribution in [0.4, 0.5) is 0 Å². The minimum Gasteiger partial charge on any atom is -0.394 e. The van der Waals surface area contributed by atoms with Crippen molar-refractivity contribution in [3.8, 4) is 0 Å². The number of amides is 3. The molecule has 22 N–H and O–H groups in total. The van der Waals surface area contributed by atoms with Crippen LogP contribution in [-0.2, 0) is 76.0 Å². The lowest BCUT2D eigenvalue weighted by molar-refractivity contribution is -0.391. The molecule has 7 heterocycles. The second-order valence-electron chi connectivity index (χ2n) is 21.8. The summed E-state index contributed by atoms with van der Waals surface area (Å²) in [6.07, 6.45) is -61.9. The SMILES string of the molecule is CC(=O)N[C@H]1[C@H](OC[C@H]2O[C@@H](O[C@H]3[C@H](O)[C@@H](NC(C)=O)C(O)O[C@@H]3CO)[C@H](O)[C@@H](O[C@@H]3O[C@H](CO)[C@@H](O[C@@H]4O[C@H](CO)[C@H](O)[C@H](O)[C@H]4O)[C@H](O[C@@H]4O[C@@H](C)[C@@H](O)[C@@H](O)[C@@H]4O)[C@H]3NC(C)=O)[C@H]2O)O[C@H](CO)[C@@H](O[C@@H]2O[C@H](CO)[C@H](O)[C@H](O)[C@H]2O)[C@@H]1O. The van der Waals surface area contributed by atoms with E-state index in [-0.39, 0.29) is 0 Å². The summed E-state index contributed by atoms with van der Waals surface area (Å²) in [7, 11) is 0. The summed E-state index contributed by atoms with van der Waals surface area (Å²) < 4.78 is 76.6. The zero-order valence-electron chi connectivity index (χ0n) is 46.5. The number of carbonyl (C=O) groups excluding carboxylic acids is 3. The van der Waals surface area contributed by atoms with Crippen molar-refractivity contribution in [3.05, 3.63) is 0 Å². The largest absolute Gasteiger partial charge is 0.394 e. The molecule has 3 amide bonds. The fraction of sp³-hybridized carbons (Fsp3) is 0.938. The Balaban J connectivity index is 1.24. The first-order valence-corrected chi connectivity index (χ1v) is 27.5. The van der Waals surface area contributed by atoms with Crippen molar-refractivity contribution in [3.63, 3.8) is 0 Å². The van der Waals surface area contributed by atoms with Crippen molar-refractivity contribution in [1.29, 1.82) is 0 Å². The molecule has 7 fully saturated rings. The Morgan fingerprint density at radius 3 is 1.19 bits per heavy atom. The van der Waals surface area contributed by atoms with Crippen LogP contribution in [-0.4, -0.2) is 369 Å². The molecule has 7 aliphatic heterocycles. The van der Waals surface area contributed by atoms with E-state index in [0.717, 1.165) is 20.8 Å². The molecule has 35 atom stereocenters. The fourth-order valence-corrected chi connectivity index (χ4v) is 11.0. The summed E-state index contributed by atoms with van der Waals surface area (Å²) in [5.41, 5.74) is 0.